The summed E-state index contributed by atoms with van der Waals surface area (Å²) in [5, 5.41) is 13.6. The number of aromatic nitrogens is 1. The molecule has 9 heteroatoms. The number of fused-ring (bicyclic) bond motifs is 3. The van der Waals surface area contributed by atoms with E-state index < -0.39 is 35.6 Å². The molecule has 0 aliphatic carbocycles. The summed E-state index contributed by atoms with van der Waals surface area (Å²) in [5.74, 6) is 0. The lowest BCUT2D eigenvalue weighted by Crippen LogP contribution is -2.41. The molecular formula is C19H16F6N2O. The molecule has 0 radical (unpaired) electrons. The minimum absolute atomic E-state index is 0.0849. The zero-order chi connectivity index (χ0) is 20.3. The van der Waals surface area contributed by atoms with Crippen molar-refractivity contribution in [2.45, 2.75) is 30.9 Å². The Morgan fingerprint density at radius 2 is 1.36 bits per heavy atom. The van der Waals surface area contributed by atoms with Crippen LogP contribution in [-0.4, -0.2) is 28.9 Å². The van der Waals surface area contributed by atoms with Crippen molar-refractivity contribution in [3.05, 3.63) is 47.5 Å². The molecule has 2 heterocycles. The molecule has 1 saturated heterocycles. The van der Waals surface area contributed by atoms with Gasteiger partial charge < -0.3 is 15.0 Å². The second-order valence-corrected chi connectivity index (χ2v) is 6.96. The van der Waals surface area contributed by atoms with Gasteiger partial charge in [-0.15, -0.1) is 0 Å². The molecule has 2 aromatic carbocycles. The number of aliphatic hydroxyl groups excluding tert-OH is 1. The number of piperidine rings is 1. The highest BCUT2D eigenvalue weighted by molar-refractivity contribution is 6.08. The molecule has 28 heavy (non-hydrogen) atoms. The number of alkyl halides is 6. The number of β-amino-alcohol motifs (C(OH)–C–C–N with tert-alkyl or cyclic N) is 1. The number of hydrogen-bond donors (Lipinski definition) is 2. The molecular weight excluding hydrogens is 386 g/mol. The van der Waals surface area contributed by atoms with E-state index in [1.165, 1.54) is 12.1 Å². The largest absolute Gasteiger partial charge is 0.416 e. The zero-order valence-corrected chi connectivity index (χ0v) is 14.4. The van der Waals surface area contributed by atoms with Crippen LogP contribution in [0.5, 0.6) is 0 Å². The third-order valence-electron chi connectivity index (χ3n) is 5.20. The number of benzene rings is 2. The van der Waals surface area contributed by atoms with Crippen LogP contribution in [0.4, 0.5) is 26.3 Å². The van der Waals surface area contributed by atoms with Gasteiger partial charge in [0.05, 0.1) is 23.3 Å². The summed E-state index contributed by atoms with van der Waals surface area (Å²) in [5.41, 5.74) is -1.12. The van der Waals surface area contributed by atoms with Crippen molar-refractivity contribution >= 4 is 21.8 Å². The van der Waals surface area contributed by atoms with E-state index >= 15 is 0 Å². The molecule has 150 valence electrons. The monoisotopic (exact) mass is 402 g/mol. The third kappa shape index (κ3) is 3.12. The molecule has 1 aliphatic rings. The van der Waals surface area contributed by atoms with Crippen LogP contribution in [0, 0.1) is 0 Å². The second kappa shape index (κ2) is 6.38. The Bertz CT molecular complexity index is 965. The van der Waals surface area contributed by atoms with Gasteiger partial charge in [0, 0.05) is 28.4 Å². The summed E-state index contributed by atoms with van der Waals surface area (Å²) in [6, 6.07) is 5.66. The van der Waals surface area contributed by atoms with E-state index in [0.29, 0.717) is 30.5 Å². The number of halogens is 6. The van der Waals surface area contributed by atoms with Gasteiger partial charge in [0.2, 0.25) is 0 Å². The molecule has 2 N–H and O–H groups in total. The highest BCUT2D eigenvalue weighted by Gasteiger charge is 2.34. The normalized spacial score (nSPS) is 21.5. The number of nitrogens with zero attached hydrogens (tertiary/aromatic N) is 1. The summed E-state index contributed by atoms with van der Waals surface area (Å²) in [7, 11) is 0. The molecule has 2 atom stereocenters. The van der Waals surface area contributed by atoms with Gasteiger partial charge >= 0.3 is 12.4 Å². The number of hydrogen-bond acceptors (Lipinski definition) is 2. The minimum atomic E-state index is -4.61. The summed E-state index contributed by atoms with van der Waals surface area (Å²) in [6.07, 6.45) is -9.53. The predicted octanol–water partition coefficient (Wildman–Crippen LogP) is 4.73. The quantitative estimate of drug-likeness (QED) is 0.578. The Morgan fingerprint density at radius 3 is 1.79 bits per heavy atom. The SMILES string of the molecule is OC1CNCCC1n1c2ccc(C(F)(F)F)cc2c2cc(C(F)(F)F)ccc21. The molecule has 4 rings (SSSR count). The maximum absolute atomic E-state index is 13.2. The van der Waals surface area contributed by atoms with E-state index in [2.05, 4.69) is 5.32 Å². The number of nitrogens with one attached hydrogen (secondary N) is 1. The number of aliphatic hydroxyl groups is 1. The Hall–Kier alpha value is -2.26. The fourth-order valence-electron chi connectivity index (χ4n) is 3.89. The summed E-state index contributed by atoms with van der Waals surface area (Å²) in [4.78, 5) is 0. The van der Waals surface area contributed by atoms with Crippen LogP contribution >= 0.6 is 0 Å². The van der Waals surface area contributed by atoms with Gasteiger partial charge in [-0.25, -0.2) is 0 Å². The first-order valence-electron chi connectivity index (χ1n) is 8.68. The van der Waals surface area contributed by atoms with Crippen molar-refractivity contribution in [3.8, 4) is 0 Å². The third-order valence-corrected chi connectivity index (χ3v) is 5.20. The topological polar surface area (TPSA) is 37.2 Å². The highest BCUT2D eigenvalue weighted by atomic mass is 19.4. The minimum Gasteiger partial charge on any atom is -0.390 e. The van der Waals surface area contributed by atoms with Crippen molar-refractivity contribution in [2.24, 2.45) is 0 Å². The van der Waals surface area contributed by atoms with Crippen LogP contribution in [0.1, 0.15) is 23.6 Å². The van der Waals surface area contributed by atoms with Crippen molar-refractivity contribution in [1.29, 1.82) is 0 Å². The van der Waals surface area contributed by atoms with Gasteiger partial charge in [-0.1, -0.05) is 0 Å². The van der Waals surface area contributed by atoms with Crippen LogP contribution in [0.15, 0.2) is 36.4 Å². The van der Waals surface area contributed by atoms with Crippen molar-refractivity contribution < 1.29 is 31.4 Å². The van der Waals surface area contributed by atoms with Gasteiger partial charge in [-0.05, 0) is 49.4 Å². The van der Waals surface area contributed by atoms with E-state index in [9.17, 15) is 31.4 Å². The second-order valence-electron chi connectivity index (χ2n) is 6.96. The highest BCUT2D eigenvalue weighted by Crippen LogP contribution is 2.40. The molecule has 0 spiro atoms. The molecule has 1 aliphatic heterocycles. The Labute approximate surface area is 155 Å². The standard InChI is InChI=1S/C19H16F6N2O/c20-18(21,22)10-1-3-14-12(7-10)13-8-11(19(23,24)25)2-4-15(13)27(14)16-5-6-26-9-17(16)28/h1-4,7-8,16-17,26,28H,5-6,9H2. The first-order chi connectivity index (χ1) is 13.1. The lowest BCUT2D eigenvalue weighted by molar-refractivity contribution is -0.138. The van der Waals surface area contributed by atoms with Gasteiger partial charge in [0.15, 0.2) is 0 Å². The Balaban J connectivity index is 2.04. The van der Waals surface area contributed by atoms with Crippen molar-refractivity contribution in [3.63, 3.8) is 0 Å². The fourth-order valence-corrected chi connectivity index (χ4v) is 3.89. The van der Waals surface area contributed by atoms with E-state index in [-0.39, 0.29) is 10.8 Å². The molecule has 3 aromatic rings. The van der Waals surface area contributed by atoms with Gasteiger partial charge in [0.1, 0.15) is 0 Å². The van der Waals surface area contributed by atoms with E-state index in [1.807, 2.05) is 0 Å². The van der Waals surface area contributed by atoms with Crippen LogP contribution in [0.3, 0.4) is 0 Å². The molecule has 0 saturated carbocycles. The molecule has 1 aromatic heterocycles. The van der Waals surface area contributed by atoms with Crippen LogP contribution in [0.2, 0.25) is 0 Å². The zero-order valence-electron chi connectivity index (χ0n) is 14.4. The molecule has 0 bridgehead atoms. The first-order valence-corrected chi connectivity index (χ1v) is 8.68. The van der Waals surface area contributed by atoms with Crippen molar-refractivity contribution in [2.75, 3.05) is 13.1 Å². The smallest absolute Gasteiger partial charge is 0.390 e. The Morgan fingerprint density at radius 1 is 0.857 bits per heavy atom. The average Bonchev–Trinajstić information content (AvgIpc) is 2.94. The Kier molecular flexibility index (Phi) is 4.35. The maximum atomic E-state index is 13.2. The fraction of sp³-hybridized carbons (Fsp3) is 0.368. The predicted molar refractivity (Wildman–Crippen MR) is 92.0 cm³/mol. The molecule has 0 amide bonds. The summed E-state index contributed by atoms with van der Waals surface area (Å²) in [6.45, 7) is 0.886. The van der Waals surface area contributed by atoms with Crippen LogP contribution in [-0.2, 0) is 12.4 Å². The van der Waals surface area contributed by atoms with Crippen LogP contribution in [0.25, 0.3) is 21.8 Å². The summed E-state index contributed by atoms with van der Waals surface area (Å²) < 4.78 is 80.7. The van der Waals surface area contributed by atoms with E-state index in [0.717, 1.165) is 24.3 Å². The number of rotatable bonds is 1. The maximum Gasteiger partial charge on any atom is 0.416 e. The molecule has 3 nitrogen and oxygen atoms in total. The van der Waals surface area contributed by atoms with Crippen molar-refractivity contribution in [1.82, 2.24) is 9.88 Å². The molecule has 2 unspecified atom stereocenters. The molecule has 1 fully saturated rings. The average molecular weight is 402 g/mol. The summed E-state index contributed by atoms with van der Waals surface area (Å²) >= 11 is 0. The van der Waals surface area contributed by atoms with Crippen LogP contribution < -0.4 is 5.32 Å². The van der Waals surface area contributed by atoms with E-state index in [1.54, 1.807) is 4.57 Å². The first kappa shape index (κ1) is 19.1. The van der Waals surface area contributed by atoms with Gasteiger partial charge in [-0.2, -0.15) is 26.3 Å². The van der Waals surface area contributed by atoms with Gasteiger partial charge in [-0.3, -0.25) is 0 Å². The lowest BCUT2D eigenvalue weighted by Gasteiger charge is -2.31. The lowest BCUT2D eigenvalue weighted by atomic mass is 10.0. The van der Waals surface area contributed by atoms with Gasteiger partial charge in [0.25, 0.3) is 0 Å². The van der Waals surface area contributed by atoms with E-state index in [4.69, 9.17) is 0 Å².